The quantitative estimate of drug-likeness (QED) is 0.313. The number of rotatable bonds is 9. The summed E-state index contributed by atoms with van der Waals surface area (Å²) >= 11 is 0. The first kappa shape index (κ1) is 28.7. The second-order valence-electron chi connectivity index (χ2n) is 11.7. The minimum atomic E-state index is -0.518. The van der Waals surface area contributed by atoms with Gasteiger partial charge < -0.3 is 24.0 Å². The van der Waals surface area contributed by atoms with Crippen LogP contribution in [-0.2, 0) is 15.9 Å². The van der Waals surface area contributed by atoms with Crippen LogP contribution < -0.4 is 9.64 Å². The van der Waals surface area contributed by atoms with Gasteiger partial charge in [-0.1, -0.05) is 13.0 Å². The molecular formula is C31H40N6O4. The van der Waals surface area contributed by atoms with Crippen molar-refractivity contribution in [3.05, 3.63) is 48.3 Å². The van der Waals surface area contributed by atoms with E-state index in [0.717, 1.165) is 66.9 Å². The van der Waals surface area contributed by atoms with Gasteiger partial charge in [0.05, 0.1) is 23.6 Å². The minimum absolute atomic E-state index is 0.0918. The molecule has 218 valence electrons. The topological polar surface area (TPSA) is 103 Å². The number of aryl methyl sites for hydroxylation is 1. The fourth-order valence-electron chi connectivity index (χ4n) is 5.29. The molecule has 0 unspecified atom stereocenters. The van der Waals surface area contributed by atoms with Crippen LogP contribution in [0.2, 0.25) is 0 Å². The molecule has 0 spiro atoms. The van der Waals surface area contributed by atoms with Crippen molar-refractivity contribution in [3.63, 3.8) is 0 Å². The molecule has 2 aliphatic rings. The Labute approximate surface area is 242 Å². The molecule has 1 aromatic carbocycles. The number of ether oxygens (including phenoxy) is 3. The number of carbonyl (C=O) groups is 1. The van der Waals surface area contributed by atoms with Gasteiger partial charge in [0.25, 0.3) is 0 Å². The number of methoxy groups -OCH3 is 1. The maximum Gasteiger partial charge on any atom is 0.410 e. The Balaban J connectivity index is 1.33. The highest BCUT2D eigenvalue weighted by Crippen LogP contribution is 2.35. The first-order chi connectivity index (χ1) is 19.8. The number of carbonyl (C=O) groups excluding carboxylic acids is 1. The van der Waals surface area contributed by atoms with E-state index in [0.29, 0.717) is 18.0 Å². The highest BCUT2D eigenvalue weighted by atomic mass is 16.7. The minimum Gasteiger partial charge on any atom is -0.467 e. The van der Waals surface area contributed by atoms with Gasteiger partial charge in [-0.05, 0) is 88.8 Å². The van der Waals surface area contributed by atoms with E-state index >= 15 is 0 Å². The van der Waals surface area contributed by atoms with Crippen LogP contribution in [0.15, 0.2) is 42.6 Å². The Kier molecular flexibility index (Phi) is 8.68. The van der Waals surface area contributed by atoms with Gasteiger partial charge >= 0.3 is 6.09 Å². The lowest BCUT2D eigenvalue weighted by Gasteiger charge is -2.41. The summed E-state index contributed by atoms with van der Waals surface area (Å²) in [6.45, 7) is 9.43. The maximum atomic E-state index is 13.1. The molecule has 2 fully saturated rings. The van der Waals surface area contributed by atoms with Crippen LogP contribution >= 0.6 is 0 Å². The highest BCUT2D eigenvalue weighted by molar-refractivity contribution is 5.74. The molecule has 1 aliphatic carbocycles. The molecule has 41 heavy (non-hydrogen) atoms. The van der Waals surface area contributed by atoms with Gasteiger partial charge in [0, 0.05) is 37.4 Å². The Morgan fingerprint density at radius 3 is 2.51 bits per heavy atom. The fourth-order valence-corrected chi connectivity index (χ4v) is 5.29. The third-order valence-corrected chi connectivity index (χ3v) is 7.59. The summed E-state index contributed by atoms with van der Waals surface area (Å²) in [6.07, 6.45) is 6.45. The summed E-state index contributed by atoms with van der Waals surface area (Å²) in [4.78, 5) is 17.3. The Bertz CT molecular complexity index is 1340. The second-order valence-corrected chi connectivity index (χ2v) is 11.7. The van der Waals surface area contributed by atoms with Crippen molar-refractivity contribution in [3.8, 4) is 28.1 Å². The van der Waals surface area contributed by atoms with Crippen molar-refractivity contribution in [2.24, 2.45) is 0 Å². The van der Waals surface area contributed by atoms with Crippen LogP contribution in [0.4, 0.5) is 10.6 Å². The molecule has 3 aromatic rings. The molecule has 10 nitrogen and oxygen atoms in total. The maximum absolute atomic E-state index is 13.1. The molecular weight excluding hydrogens is 520 g/mol. The van der Waals surface area contributed by atoms with E-state index in [-0.39, 0.29) is 25.0 Å². The SMILES string of the molecule is CCc1cc(-c2ccc(-c3ccc(N4CC[C@@H](N(C(=O)OC(C)(C)C)C5CCC5)C4)nn3)c(OCOC)c2)cnn1. The molecule has 1 saturated carbocycles. The van der Waals surface area contributed by atoms with Gasteiger partial charge in [0.2, 0.25) is 0 Å². The summed E-state index contributed by atoms with van der Waals surface area (Å²) in [7, 11) is 1.59. The molecule has 0 N–H and O–H groups in total. The number of hydrogen-bond donors (Lipinski definition) is 0. The van der Waals surface area contributed by atoms with Gasteiger partial charge in [0.15, 0.2) is 12.6 Å². The smallest absolute Gasteiger partial charge is 0.410 e. The third-order valence-electron chi connectivity index (χ3n) is 7.59. The zero-order valence-corrected chi connectivity index (χ0v) is 24.7. The summed E-state index contributed by atoms with van der Waals surface area (Å²) in [5.74, 6) is 1.44. The molecule has 0 bridgehead atoms. The van der Waals surface area contributed by atoms with E-state index < -0.39 is 5.60 Å². The second kappa shape index (κ2) is 12.4. The summed E-state index contributed by atoms with van der Waals surface area (Å²) in [5, 5.41) is 17.4. The summed E-state index contributed by atoms with van der Waals surface area (Å²) < 4.78 is 16.9. The van der Waals surface area contributed by atoms with Crippen molar-refractivity contribution in [2.75, 3.05) is 31.9 Å². The summed E-state index contributed by atoms with van der Waals surface area (Å²) in [6, 6.07) is 12.3. The molecule has 1 saturated heterocycles. The van der Waals surface area contributed by atoms with Gasteiger partial charge in [0.1, 0.15) is 11.4 Å². The normalized spacial score (nSPS) is 17.3. The Hall–Kier alpha value is -3.79. The average molecular weight is 561 g/mol. The lowest BCUT2D eigenvalue weighted by atomic mass is 9.90. The lowest BCUT2D eigenvalue weighted by Crippen LogP contribution is -2.52. The van der Waals surface area contributed by atoms with Crippen LogP contribution in [0, 0.1) is 0 Å². The number of aromatic nitrogens is 4. The molecule has 0 radical (unpaired) electrons. The van der Waals surface area contributed by atoms with Crippen LogP contribution in [0.5, 0.6) is 5.75 Å². The lowest BCUT2D eigenvalue weighted by molar-refractivity contribution is -0.00351. The van der Waals surface area contributed by atoms with Crippen LogP contribution in [0.3, 0.4) is 0 Å². The van der Waals surface area contributed by atoms with Crippen LogP contribution in [0.1, 0.15) is 59.1 Å². The zero-order valence-electron chi connectivity index (χ0n) is 24.7. The molecule has 1 atom stereocenters. The molecule has 1 amide bonds. The van der Waals surface area contributed by atoms with E-state index in [2.05, 4.69) is 32.2 Å². The first-order valence-electron chi connectivity index (χ1n) is 14.4. The number of anilines is 1. The largest absolute Gasteiger partial charge is 0.467 e. The Morgan fingerprint density at radius 2 is 1.85 bits per heavy atom. The van der Waals surface area contributed by atoms with Gasteiger partial charge in [-0.3, -0.25) is 0 Å². The van der Waals surface area contributed by atoms with Crippen molar-refractivity contribution in [1.82, 2.24) is 25.3 Å². The monoisotopic (exact) mass is 560 g/mol. The van der Waals surface area contributed by atoms with Crippen LogP contribution in [0.25, 0.3) is 22.4 Å². The molecule has 5 rings (SSSR count). The average Bonchev–Trinajstić information content (AvgIpc) is 3.42. The molecule has 3 heterocycles. The van der Waals surface area contributed by atoms with Crippen molar-refractivity contribution < 1.29 is 19.0 Å². The standard InChI is InChI=1S/C31H40N6O4/c1-6-23-16-22(18-32-33-23)21-10-11-26(28(17-21)40-20-39-5)27-12-13-29(35-34-27)36-15-14-25(19-36)37(24-8-7-9-24)30(38)41-31(2,3)4/h10-13,16-18,24-25H,6-9,14-15,19-20H2,1-5H3/t25-/m1/s1. The van der Waals surface area contributed by atoms with E-state index in [1.54, 1.807) is 13.3 Å². The number of nitrogens with zero attached hydrogens (tertiary/aromatic N) is 6. The number of hydrogen-bond acceptors (Lipinski definition) is 9. The third kappa shape index (κ3) is 6.75. The first-order valence-corrected chi connectivity index (χ1v) is 14.4. The Morgan fingerprint density at radius 1 is 1.02 bits per heavy atom. The number of amides is 1. The fraction of sp³-hybridized carbons (Fsp3) is 0.516. The van der Waals surface area contributed by atoms with E-state index in [4.69, 9.17) is 14.2 Å². The molecule has 2 aromatic heterocycles. The van der Waals surface area contributed by atoms with Gasteiger partial charge in [-0.2, -0.15) is 10.2 Å². The van der Waals surface area contributed by atoms with E-state index in [9.17, 15) is 4.79 Å². The van der Waals surface area contributed by atoms with E-state index in [1.165, 1.54) is 0 Å². The van der Waals surface area contributed by atoms with E-state index in [1.807, 2.05) is 62.1 Å². The predicted octanol–water partition coefficient (Wildman–Crippen LogP) is 5.51. The van der Waals surface area contributed by atoms with Gasteiger partial charge in [-0.25, -0.2) is 4.79 Å². The predicted molar refractivity (Wildman–Crippen MR) is 157 cm³/mol. The van der Waals surface area contributed by atoms with Crippen molar-refractivity contribution >= 4 is 11.9 Å². The van der Waals surface area contributed by atoms with Crippen molar-refractivity contribution in [2.45, 2.75) is 77.5 Å². The zero-order chi connectivity index (χ0) is 29.0. The molecule has 1 aliphatic heterocycles. The number of benzene rings is 1. The van der Waals surface area contributed by atoms with Crippen LogP contribution in [-0.4, -0.2) is 76.1 Å². The summed E-state index contributed by atoms with van der Waals surface area (Å²) in [5.41, 5.74) is 3.88. The molecule has 10 heteroatoms. The van der Waals surface area contributed by atoms with Gasteiger partial charge in [-0.15, -0.1) is 10.2 Å². The van der Waals surface area contributed by atoms with Crippen molar-refractivity contribution in [1.29, 1.82) is 0 Å². The highest BCUT2D eigenvalue weighted by Gasteiger charge is 2.40.